The Morgan fingerprint density at radius 2 is 1.68 bits per heavy atom. The van der Waals surface area contributed by atoms with E-state index in [4.69, 9.17) is 9.47 Å². The largest absolute Gasteiger partial charge is 0.493 e. The minimum atomic E-state index is 0.0111. The van der Waals surface area contributed by atoms with E-state index in [1.807, 2.05) is 41.8 Å². The Bertz CT molecular complexity index is 710. The number of likely N-dealkylation sites (tertiary alicyclic amines) is 2. The second kappa shape index (κ2) is 8.84. The van der Waals surface area contributed by atoms with E-state index in [1.54, 1.807) is 14.2 Å². The van der Waals surface area contributed by atoms with Crippen LogP contribution < -0.4 is 9.47 Å². The highest BCUT2D eigenvalue weighted by molar-refractivity contribution is 5.81. The molecule has 0 spiro atoms. The summed E-state index contributed by atoms with van der Waals surface area (Å²) in [5, 5.41) is 0. The van der Waals surface area contributed by atoms with Crippen molar-refractivity contribution in [1.29, 1.82) is 0 Å². The molecule has 0 aromatic heterocycles. The first-order valence-electron chi connectivity index (χ1n) is 10.3. The zero-order valence-electron chi connectivity index (χ0n) is 17.4. The summed E-state index contributed by atoms with van der Waals surface area (Å²) in [7, 11) is 3.25. The van der Waals surface area contributed by atoms with Crippen LogP contribution in [0.25, 0.3) is 0 Å². The van der Waals surface area contributed by atoms with Gasteiger partial charge in [0.15, 0.2) is 11.5 Å². The molecule has 2 aliphatic heterocycles. The first-order valence-corrected chi connectivity index (χ1v) is 10.3. The zero-order valence-corrected chi connectivity index (χ0v) is 17.4. The standard InChI is InChI=1S/C22H32N2O4/c1-15(2)21(25)23-12-9-16(10-13-23)22(26)24-11-5-6-18(24)17-7-8-19(27-3)20(14-17)28-4/h7-8,14-16,18H,5-6,9-13H2,1-4H3. The van der Waals surface area contributed by atoms with Crippen molar-refractivity contribution in [3.8, 4) is 11.5 Å². The molecule has 2 saturated heterocycles. The van der Waals surface area contributed by atoms with E-state index in [2.05, 4.69) is 0 Å². The maximum Gasteiger partial charge on any atom is 0.226 e. The molecule has 2 aliphatic rings. The van der Waals surface area contributed by atoms with Crippen LogP contribution in [-0.4, -0.2) is 55.5 Å². The van der Waals surface area contributed by atoms with Gasteiger partial charge >= 0.3 is 0 Å². The van der Waals surface area contributed by atoms with Gasteiger partial charge in [-0.05, 0) is 43.4 Å². The molecule has 154 valence electrons. The van der Waals surface area contributed by atoms with Gasteiger partial charge in [-0.1, -0.05) is 19.9 Å². The SMILES string of the molecule is COc1ccc(C2CCCN2C(=O)C2CCN(C(=O)C(C)C)CC2)cc1OC. The Hall–Kier alpha value is -2.24. The fourth-order valence-corrected chi connectivity index (χ4v) is 4.38. The van der Waals surface area contributed by atoms with Crippen molar-refractivity contribution in [2.75, 3.05) is 33.9 Å². The van der Waals surface area contributed by atoms with E-state index in [9.17, 15) is 9.59 Å². The average molecular weight is 389 g/mol. The lowest BCUT2D eigenvalue weighted by Gasteiger charge is -2.35. The van der Waals surface area contributed by atoms with Crippen LogP contribution in [0.4, 0.5) is 0 Å². The lowest BCUT2D eigenvalue weighted by Crippen LogP contribution is -2.45. The molecule has 3 rings (SSSR count). The summed E-state index contributed by atoms with van der Waals surface area (Å²) in [5.41, 5.74) is 1.09. The molecule has 6 heteroatoms. The van der Waals surface area contributed by atoms with Crippen LogP contribution in [0.15, 0.2) is 18.2 Å². The number of amides is 2. The fourth-order valence-electron chi connectivity index (χ4n) is 4.38. The maximum atomic E-state index is 13.2. The first-order chi connectivity index (χ1) is 13.5. The molecule has 0 saturated carbocycles. The molecule has 0 bridgehead atoms. The average Bonchev–Trinajstić information content (AvgIpc) is 3.22. The number of methoxy groups -OCH3 is 2. The van der Waals surface area contributed by atoms with Crippen molar-refractivity contribution in [1.82, 2.24) is 9.80 Å². The number of nitrogens with zero attached hydrogens (tertiary/aromatic N) is 2. The predicted molar refractivity (Wildman–Crippen MR) is 107 cm³/mol. The van der Waals surface area contributed by atoms with Gasteiger partial charge in [-0.2, -0.15) is 0 Å². The van der Waals surface area contributed by atoms with E-state index < -0.39 is 0 Å². The summed E-state index contributed by atoms with van der Waals surface area (Å²) >= 11 is 0. The summed E-state index contributed by atoms with van der Waals surface area (Å²) in [5.74, 6) is 1.84. The van der Waals surface area contributed by atoms with Crippen LogP contribution in [0.2, 0.25) is 0 Å². The topological polar surface area (TPSA) is 59.1 Å². The van der Waals surface area contributed by atoms with Crippen LogP contribution >= 0.6 is 0 Å². The van der Waals surface area contributed by atoms with Crippen LogP contribution in [0, 0.1) is 11.8 Å². The minimum Gasteiger partial charge on any atom is -0.493 e. The van der Waals surface area contributed by atoms with Crippen molar-refractivity contribution < 1.29 is 19.1 Å². The van der Waals surface area contributed by atoms with E-state index in [0.29, 0.717) is 24.6 Å². The van der Waals surface area contributed by atoms with Crippen LogP contribution in [0.1, 0.15) is 51.1 Å². The van der Waals surface area contributed by atoms with Crippen LogP contribution in [-0.2, 0) is 9.59 Å². The number of rotatable bonds is 5. The molecule has 1 unspecified atom stereocenters. The number of carbonyl (C=O) groups is 2. The van der Waals surface area contributed by atoms with E-state index in [-0.39, 0.29) is 29.7 Å². The molecule has 2 fully saturated rings. The molecule has 0 N–H and O–H groups in total. The van der Waals surface area contributed by atoms with Gasteiger partial charge in [0.2, 0.25) is 11.8 Å². The highest BCUT2D eigenvalue weighted by Gasteiger charge is 2.36. The number of hydrogen-bond donors (Lipinski definition) is 0. The second-order valence-electron chi connectivity index (χ2n) is 8.06. The Kier molecular flexibility index (Phi) is 6.47. The molecule has 1 aromatic rings. The van der Waals surface area contributed by atoms with Crippen LogP contribution in [0.5, 0.6) is 11.5 Å². The first kappa shape index (κ1) is 20.5. The Labute approximate surface area is 167 Å². The van der Waals surface area contributed by atoms with Gasteiger partial charge in [-0.15, -0.1) is 0 Å². The second-order valence-corrected chi connectivity index (χ2v) is 8.06. The zero-order chi connectivity index (χ0) is 20.3. The predicted octanol–water partition coefficient (Wildman–Crippen LogP) is 3.26. The number of carbonyl (C=O) groups excluding carboxylic acids is 2. The van der Waals surface area contributed by atoms with Gasteiger partial charge < -0.3 is 19.3 Å². The van der Waals surface area contributed by atoms with Gasteiger partial charge in [0, 0.05) is 31.5 Å². The van der Waals surface area contributed by atoms with Crippen molar-refractivity contribution in [2.24, 2.45) is 11.8 Å². The highest BCUT2D eigenvalue weighted by Crippen LogP contribution is 2.38. The molecule has 1 atom stereocenters. The normalized spacial score (nSPS) is 20.5. The lowest BCUT2D eigenvalue weighted by atomic mass is 9.93. The highest BCUT2D eigenvalue weighted by atomic mass is 16.5. The van der Waals surface area contributed by atoms with Crippen molar-refractivity contribution in [3.05, 3.63) is 23.8 Å². The summed E-state index contributed by atoms with van der Waals surface area (Å²) in [4.78, 5) is 29.4. The number of piperidine rings is 1. The van der Waals surface area contributed by atoms with Crippen molar-refractivity contribution >= 4 is 11.8 Å². The van der Waals surface area contributed by atoms with Gasteiger partial charge in [0.05, 0.1) is 20.3 Å². The lowest BCUT2D eigenvalue weighted by molar-refractivity contribution is -0.142. The third-order valence-corrected chi connectivity index (χ3v) is 5.98. The van der Waals surface area contributed by atoms with Crippen LogP contribution in [0.3, 0.4) is 0 Å². The number of benzene rings is 1. The molecule has 0 aliphatic carbocycles. The molecule has 1 aromatic carbocycles. The summed E-state index contributed by atoms with van der Waals surface area (Å²) < 4.78 is 10.8. The molecule has 2 amide bonds. The fraction of sp³-hybridized carbons (Fsp3) is 0.636. The van der Waals surface area contributed by atoms with Gasteiger partial charge in [0.1, 0.15) is 0 Å². The van der Waals surface area contributed by atoms with Gasteiger partial charge in [-0.25, -0.2) is 0 Å². The summed E-state index contributed by atoms with van der Waals surface area (Å²) in [6.45, 7) is 6.02. The van der Waals surface area contributed by atoms with Crippen molar-refractivity contribution in [3.63, 3.8) is 0 Å². The Balaban J connectivity index is 1.68. The third-order valence-electron chi connectivity index (χ3n) is 5.98. The van der Waals surface area contributed by atoms with Gasteiger partial charge in [-0.3, -0.25) is 9.59 Å². The molecular weight excluding hydrogens is 356 g/mol. The third kappa shape index (κ3) is 4.10. The molecule has 28 heavy (non-hydrogen) atoms. The Morgan fingerprint density at radius 3 is 2.29 bits per heavy atom. The van der Waals surface area contributed by atoms with Gasteiger partial charge in [0.25, 0.3) is 0 Å². The van der Waals surface area contributed by atoms with E-state index in [0.717, 1.165) is 37.8 Å². The molecule has 6 nitrogen and oxygen atoms in total. The number of ether oxygens (including phenoxy) is 2. The summed E-state index contributed by atoms with van der Waals surface area (Å²) in [6.07, 6.45) is 3.49. The van der Waals surface area contributed by atoms with Crippen molar-refractivity contribution in [2.45, 2.75) is 45.6 Å². The number of hydrogen-bond acceptors (Lipinski definition) is 4. The maximum absolute atomic E-state index is 13.2. The van der Waals surface area contributed by atoms with E-state index in [1.165, 1.54) is 0 Å². The minimum absolute atomic E-state index is 0.0111. The quantitative estimate of drug-likeness (QED) is 0.777. The molecule has 2 heterocycles. The smallest absolute Gasteiger partial charge is 0.226 e. The Morgan fingerprint density at radius 1 is 1.00 bits per heavy atom. The van der Waals surface area contributed by atoms with E-state index >= 15 is 0 Å². The summed E-state index contributed by atoms with van der Waals surface area (Å²) in [6, 6.07) is 6.01. The molecular formula is C22H32N2O4. The monoisotopic (exact) mass is 388 g/mol. The molecule has 0 radical (unpaired) electrons.